The van der Waals surface area contributed by atoms with Gasteiger partial charge < -0.3 is 11.1 Å². The van der Waals surface area contributed by atoms with E-state index >= 15 is 0 Å². The van der Waals surface area contributed by atoms with Crippen LogP contribution < -0.4 is 11.1 Å². The van der Waals surface area contributed by atoms with Gasteiger partial charge in [0.05, 0.1) is 17.8 Å². The Kier molecular flexibility index (Phi) is 6.95. The van der Waals surface area contributed by atoms with Crippen LogP contribution in [0.3, 0.4) is 0 Å². The zero-order valence-electron chi connectivity index (χ0n) is 23.2. The van der Waals surface area contributed by atoms with Gasteiger partial charge in [0.1, 0.15) is 11.8 Å². The zero-order valence-corrected chi connectivity index (χ0v) is 23.2. The maximum Gasteiger partial charge on any atom is 0.152 e. The van der Waals surface area contributed by atoms with Crippen molar-refractivity contribution in [2.45, 2.75) is 57.7 Å². The molecule has 6 aromatic rings. The number of benzene rings is 3. The summed E-state index contributed by atoms with van der Waals surface area (Å²) in [6.07, 6.45) is 11.6. The molecular formula is C34H35N7. The lowest BCUT2D eigenvalue weighted by molar-refractivity contribution is 0.459. The molecule has 0 bridgehead atoms. The van der Waals surface area contributed by atoms with Gasteiger partial charge >= 0.3 is 0 Å². The molecule has 0 unspecified atom stereocenters. The van der Waals surface area contributed by atoms with Crippen LogP contribution in [0.2, 0.25) is 0 Å². The Morgan fingerprint density at radius 2 is 1.66 bits per heavy atom. The summed E-state index contributed by atoms with van der Waals surface area (Å²) in [5, 5.41) is 14.4. The summed E-state index contributed by atoms with van der Waals surface area (Å²) in [4.78, 5) is 4.34. The molecule has 1 aliphatic carbocycles. The van der Waals surface area contributed by atoms with E-state index in [1.165, 1.54) is 56.0 Å². The number of fused-ring (bicyclic) bond motifs is 2. The summed E-state index contributed by atoms with van der Waals surface area (Å²) < 4.78 is 3.92. The largest absolute Gasteiger partial charge is 0.382 e. The van der Waals surface area contributed by atoms with Crippen molar-refractivity contribution in [2.24, 2.45) is 0 Å². The molecule has 1 saturated carbocycles. The minimum absolute atomic E-state index is 0.460. The van der Waals surface area contributed by atoms with Crippen molar-refractivity contribution >= 4 is 22.2 Å². The first-order valence-electron chi connectivity index (χ1n) is 14.7. The number of nitrogens with one attached hydrogen (secondary N) is 1. The van der Waals surface area contributed by atoms with Crippen LogP contribution in [0, 0.1) is 0 Å². The second-order valence-corrected chi connectivity index (χ2v) is 11.2. The van der Waals surface area contributed by atoms with Gasteiger partial charge in [0, 0.05) is 35.3 Å². The molecule has 0 saturated heterocycles. The minimum Gasteiger partial charge on any atom is -0.382 e. The molecule has 206 valence electrons. The number of anilines is 1. The van der Waals surface area contributed by atoms with Gasteiger partial charge in [0.25, 0.3) is 0 Å². The fourth-order valence-corrected chi connectivity index (χ4v) is 6.17. The molecule has 41 heavy (non-hydrogen) atoms. The molecule has 3 heterocycles. The van der Waals surface area contributed by atoms with Crippen LogP contribution in [-0.2, 0) is 13.1 Å². The van der Waals surface area contributed by atoms with Gasteiger partial charge in [-0.3, -0.25) is 4.68 Å². The first-order valence-corrected chi connectivity index (χ1v) is 14.7. The highest BCUT2D eigenvalue weighted by Crippen LogP contribution is 2.36. The average Bonchev–Trinajstić information content (AvgIpc) is 3.48. The molecule has 0 atom stereocenters. The van der Waals surface area contributed by atoms with E-state index in [2.05, 4.69) is 94.4 Å². The number of hydrogen-bond acceptors (Lipinski definition) is 5. The quantitative estimate of drug-likeness (QED) is 0.216. The van der Waals surface area contributed by atoms with Crippen LogP contribution >= 0.6 is 0 Å². The van der Waals surface area contributed by atoms with Gasteiger partial charge in [-0.05, 0) is 47.7 Å². The number of nitrogens with zero attached hydrogens (tertiary/aromatic N) is 5. The molecule has 0 spiro atoms. The maximum atomic E-state index is 6.46. The summed E-state index contributed by atoms with van der Waals surface area (Å²) in [7, 11) is 0. The molecule has 7 nitrogen and oxygen atoms in total. The first-order chi connectivity index (χ1) is 20.2. The predicted octanol–water partition coefficient (Wildman–Crippen LogP) is 6.86. The highest BCUT2D eigenvalue weighted by atomic mass is 15.3. The van der Waals surface area contributed by atoms with Crippen molar-refractivity contribution in [3.8, 4) is 22.4 Å². The van der Waals surface area contributed by atoms with Crippen molar-refractivity contribution in [1.82, 2.24) is 29.7 Å². The molecule has 3 N–H and O–H groups in total. The molecule has 0 aliphatic heterocycles. The molecule has 3 aromatic heterocycles. The SMILES string of the molecule is Nc1ncnn2c(-c3cccc(CNC4CCCCCC4)c3)cc(-c3ccc4cn(Cc5ccccc5)nc4c3)c12. The Hall–Kier alpha value is -4.49. The van der Waals surface area contributed by atoms with Crippen LogP contribution in [0.5, 0.6) is 0 Å². The minimum atomic E-state index is 0.460. The van der Waals surface area contributed by atoms with Crippen LogP contribution in [0.25, 0.3) is 38.8 Å². The molecule has 0 radical (unpaired) electrons. The lowest BCUT2D eigenvalue weighted by Crippen LogP contribution is -2.27. The highest BCUT2D eigenvalue weighted by molar-refractivity contribution is 5.95. The Bertz CT molecular complexity index is 1790. The normalized spacial score (nSPS) is 14.5. The standard InChI is InChI=1S/C34H35N7/c35-34-33-30(26-15-16-28-22-40(39-31(28)18-26)21-24-9-4-3-5-10-24)19-32(41(33)38-23-37-34)27-12-8-11-25(17-27)20-36-29-13-6-1-2-7-14-29/h3-5,8-12,15-19,22-23,29,36H,1-2,6-7,13-14,20-21H2,(H2,35,37,38). The topological polar surface area (TPSA) is 86.1 Å². The monoisotopic (exact) mass is 541 g/mol. The lowest BCUT2D eigenvalue weighted by Gasteiger charge is -2.16. The van der Waals surface area contributed by atoms with E-state index in [-0.39, 0.29) is 0 Å². The van der Waals surface area contributed by atoms with E-state index in [0.717, 1.165) is 51.9 Å². The highest BCUT2D eigenvalue weighted by Gasteiger charge is 2.18. The maximum absolute atomic E-state index is 6.46. The zero-order chi connectivity index (χ0) is 27.6. The molecule has 3 aromatic carbocycles. The van der Waals surface area contributed by atoms with Gasteiger partial charge in [-0.2, -0.15) is 10.2 Å². The molecule has 1 fully saturated rings. The number of nitrogens with two attached hydrogens (primary N) is 1. The van der Waals surface area contributed by atoms with Crippen LogP contribution in [-0.4, -0.2) is 30.4 Å². The Labute approximate surface area is 240 Å². The van der Waals surface area contributed by atoms with Gasteiger partial charge in [-0.25, -0.2) is 9.50 Å². The van der Waals surface area contributed by atoms with Crippen molar-refractivity contribution in [3.63, 3.8) is 0 Å². The fourth-order valence-electron chi connectivity index (χ4n) is 6.17. The van der Waals surface area contributed by atoms with E-state index in [1.807, 2.05) is 15.3 Å². The van der Waals surface area contributed by atoms with Crippen molar-refractivity contribution in [1.29, 1.82) is 0 Å². The second kappa shape index (κ2) is 11.2. The van der Waals surface area contributed by atoms with E-state index in [4.69, 9.17) is 10.8 Å². The van der Waals surface area contributed by atoms with Gasteiger partial charge in [-0.1, -0.05) is 86.3 Å². The van der Waals surface area contributed by atoms with Crippen molar-refractivity contribution in [2.75, 3.05) is 5.73 Å². The van der Waals surface area contributed by atoms with Gasteiger partial charge in [-0.15, -0.1) is 0 Å². The van der Waals surface area contributed by atoms with Gasteiger partial charge in [0.15, 0.2) is 5.82 Å². The molecule has 0 amide bonds. The summed E-state index contributed by atoms with van der Waals surface area (Å²) in [5.41, 5.74) is 14.9. The third kappa shape index (κ3) is 5.33. The van der Waals surface area contributed by atoms with E-state index in [0.29, 0.717) is 11.9 Å². The first kappa shape index (κ1) is 25.5. The van der Waals surface area contributed by atoms with Crippen LogP contribution in [0.4, 0.5) is 5.82 Å². The lowest BCUT2D eigenvalue weighted by atomic mass is 10.0. The number of rotatable bonds is 7. The Morgan fingerprint density at radius 1 is 0.829 bits per heavy atom. The average molecular weight is 542 g/mol. The Morgan fingerprint density at radius 3 is 2.51 bits per heavy atom. The molecule has 1 aliphatic rings. The van der Waals surface area contributed by atoms with Crippen molar-refractivity contribution < 1.29 is 0 Å². The summed E-state index contributed by atoms with van der Waals surface area (Å²) in [6.45, 7) is 1.60. The van der Waals surface area contributed by atoms with E-state index < -0.39 is 0 Å². The molecule has 7 rings (SSSR count). The number of nitrogen functional groups attached to an aromatic ring is 1. The summed E-state index contributed by atoms with van der Waals surface area (Å²) in [5.74, 6) is 0.460. The van der Waals surface area contributed by atoms with E-state index in [1.54, 1.807) is 0 Å². The number of hydrogen-bond donors (Lipinski definition) is 2. The van der Waals surface area contributed by atoms with Crippen LogP contribution in [0.1, 0.15) is 49.7 Å². The third-order valence-corrected chi connectivity index (χ3v) is 8.31. The summed E-state index contributed by atoms with van der Waals surface area (Å²) in [6, 6.07) is 28.3. The molecular weight excluding hydrogens is 506 g/mol. The smallest absolute Gasteiger partial charge is 0.152 e. The van der Waals surface area contributed by atoms with Gasteiger partial charge in [0.2, 0.25) is 0 Å². The molecule has 7 heteroatoms. The second-order valence-electron chi connectivity index (χ2n) is 11.2. The van der Waals surface area contributed by atoms with Crippen LogP contribution in [0.15, 0.2) is 91.4 Å². The number of aromatic nitrogens is 5. The summed E-state index contributed by atoms with van der Waals surface area (Å²) >= 11 is 0. The fraction of sp³-hybridized carbons (Fsp3) is 0.265. The van der Waals surface area contributed by atoms with E-state index in [9.17, 15) is 0 Å². The Balaban J connectivity index is 1.22. The van der Waals surface area contributed by atoms with Crippen molar-refractivity contribution in [3.05, 3.63) is 103 Å². The predicted molar refractivity (Wildman–Crippen MR) is 165 cm³/mol. The third-order valence-electron chi connectivity index (χ3n) is 8.31.